The van der Waals surface area contributed by atoms with Crippen molar-refractivity contribution in [1.82, 2.24) is 0 Å². The van der Waals surface area contributed by atoms with Gasteiger partial charge in [-0.15, -0.1) is 23.1 Å². The Morgan fingerprint density at radius 3 is 2.90 bits per heavy atom. The summed E-state index contributed by atoms with van der Waals surface area (Å²) in [6.07, 6.45) is 4.35. The lowest BCUT2D eigenvalue weighted by Crippen LogP contribution is -2.30. The number of thiophene rings is 1. The van der Waals surface area contributed by atoms with Gasteiger partial charge in [0, 0.05) is 27.1 Å². The van der Waals surface area contributed by atoms with E-state index in [-0.39, 0.29) is 5.78 Å². The minimum Gasteiger partial charge on any atom is -0.396 e. The maximum atomic E-state index is 11.6. The van der Waals surface area contributed by atoms with Gasteiger partial charge in [-0.3, -0.25) is 4.79 Å². The van der Waals surface area contributed by atoms with Crippen molar-refractivity contribution >= 4 is 39.6 Å². The first-order valence-corrected chi connectivity index (χ1v) is 8.84. The Balaban J connectivity index is 2.17. The second-order valence-corrected chi connectivity index (χ2v) is 7.02. The molecule has 0 saturated carbocycles. The number of hydrogen-bond acceptors (Lipinski definition) is 6. The van der Waals surface area contributed by atoms with Gasteiger partial charge in [0.15, 0.2) is 5.78 Å². The molecule has 1 atom stereocenters. The predicted molar refractivity (Wildman–Crippen MR) is 87.3 cm³/mol. The van der Waals surface area contributed by atoms with Gasteiger partial charge in [-0.1, -0.05) is 0 Å². The summed E-state index contributed by atoms with van der Waals surface area (Å²) in [5, 5.41) is 1.10. The van der Waals surface area contributed by atoms with Gasteiger partial charge in [-0.2, -0.15) is 0 Å². The molecule has 4 nitrogen and oxygen atoms in total. The quantitative estimate of drug-likeness (QED) is 0.668. The molecule has 2 rings (SSSR count). The number of carbonyl (C=O) groups is 1. The summed E-state index contributed by atoms with van der Waals surface area (Å²) in [7, 11) is 2.07. The molecule has 0 aromatic carbocycles. The molecular formula is C14H22N2O2S2. The molecule has 2 N–H and O–H groups in total. The lowest BCUT2D eigenvalue weighted by molar-refractivity contribution is 0.0576. The molecule has 0 bridgehead atoms. The van der Waals surface area contributed by atoms with E-state index in [1.807, 2.05) is 6.26 Å². The van der Waals surface area contributed by atoms with Crippen LogP contribution in [0.3, 0.4) is 0 Å². The van der Waals surface area contributed by atoms with Gasteiger partial charge < -0.3 is 15.4 Å². The van der Waals surface area contributed by atoms with E-state index in [0.29, 0.717) is 16.5 Å². The van der Waals surface area contributed by atoms with Crippen LogP contribution >= 0.6 is 23.1 Å². The topological polar surface area (TPSA) is 55.6 Å². The van der Waals surface area contributed by atoms with E-state index in [1.54, 1.807) is 18.7 Å². The molecule has 112 valence electrons. The smallest absolute Gasteiger partial charge is 0.171 e. The highest BCUT2D eigenvalue weighted by atomic mass is 32.2. The summed E-state index contributed by atoms with van der Waals surface area (Å²) in [4.78, 5) is 15.6. The van der Waals surface area contributed by atoms with Gasteiger partial charge in [0.2, 0.25) is 0 Å². The fraction of sp³-hybridized carbons (Fsp3) is 0.643. The minimum absolute atomic E-state index is 0.0449. The van der Waals surface area contributed by atoms with Crippen LogP contribution in [-0.4, -0.2) is 38.8 Å². The second kappa shape index (κ2) is 6.83. The Bertz CT molecular complexity index is 482. The maximum Gasteiger partial charge on any atom is 0.171 e. The highest BCUT2D eigenvalue weighted by molar-refractivity contribution is 7.99. The summed E-state index contributed by atoms with van der Waals surface area (Å²) in [6, 6.07) is 0. The van der Waals surface area contributed by atoms with Crippen LogP contribution in [0.15, 0.2) is 4.90 Å². The van der Waals surface area contributed by atoms with Crippen LogP contribution in [0.25, 0.3) is 0 Å². The van der Waals surface area contributed by atoms with Crippen LogP contribution in [0.2, 0.25) is 0 Å². The van der Waals surface area contributed by atoms with E-state index in [0.717, 1.165) is 36.1 Å². The standard InChI is InChI=1S/C14H22N2O2S2/c1-9(17)12-11(15)13(19-3)14(20-12)16(2)7-10-5-4-6-18-8-10/h10H,4-8,15H2,1-3H3. The Kier molecular flexibility index (Phi) is 5.35. The second-order valence-electron chi connectivity index (χ2n) is 5.20. The number of nitrogens with two attached hydrogens (primary N) is 1. The fourth-order valence-electron chi connectivity index (χ4n) is 2.55. The predicted octanol–water partition coefficient (Wildman–Crippen LogP) is 3.12. The number of thioether (sulfide) groups is 1. The number of Topliss-reactive ketones (excluding diaryl/α,β-unsaturated/α-hetero) is 1. The van der Waals surface area contributed by atoms with Crippen molar-refractivity contribution in [1.29, 1.82) is 0 Å². The van der Waals surface area contributed by atoms with Crippen LogP contribution in [0, 0.1) is 5.92 Å². The minimum atomic E-state index is 0.0449. The Hall–Kier alpha value is -0.720. The first-order valence-electron chi connectivity index (χ1n) is 6.80. The number of carbonyl (C=O) groups excluding carboxylic acids is 1. The third kappa shape index (κ3) is 3.30. The van der Waals surface area contributed by atoms with Crippen molar-refractivity contribution in [3.05, 3.63) is 4.88 Å². The normalized spacial score (nSPS) is 19.1. The van der Waals surface area contributed by atoms with Crippen LogP contribution in [0.5, 0.6) is 0 Å². The zero-order valence-electron chi connectivity index (χ0n) is 12.3. The maximum absolute atomic E-state index is 11.6. The van der Waals surface area contributed by atoms with Crippen molar-refractivity contribution in [2.45, 2.75) is 24.7 Å². The average molecular weight is 314 g/mol. The highest BCUT2D eigenvalue weighted by Crippen LogP contribution is 2.43. The Morgan fingerprint density at radius 1 is 1.60 bits per heavy atom. The number of rotatable bonds is 5. The highest BCUT2D eigenvalue weighted by Gasteiger charge is 2.23. The molecule has 1 fully saturated rings. The molecule has 6 heteroatoms. The number of nitrogen functional groups attached to an aromatic ring is 1. The summed E-state index contributed by atoms with van der Waals surface area (Å²) >= 11 is 3.12. The van der Waals surface area contributed by atoms with Crippen LogP contribution < -0.4 is 10.6 Å². The van der Waals surface area contributed by atoms with E-state index in [1.165, 1.54) is 17.8 Å². The molecule has 0 amide bonds. The van der Waals surface area contributed by atoms with E-state index in [2.05, 4.69) is 11.9 Å². The average Bonchev–Trinajstić information content (AvgIpc) is 2.77. The lowest BCUT2D eigenvalue weighted by Gasteiger charge is -2.28. The molecule has 2 heterocycles. The van der Waals surface area contributed by atoms with Crippen molar-refractivity contribution in [3.8, 4) is 0 Å². The molecule has 0 spiro atoms. The van der Waals surface area contributed by atoms with Crippen molar-refractivity contribution < 1.29 is 9.53 Å². The van der Waals surface area contributed by atoms with E-state index < -0.39 is 0 Å². The van der Waals surface area contributed by atoms with Gasteiger partial charge >= 0.3 is 0 Å². The Morgan fingerprint density at radius 2 is 2.35 bits per heavy atom. The third-order valence-electron chi connectivity index (χ3n) is 3.54. The molecule has 1 saturated heterocycles. The molecular weight excluding hydrogens is 292 g/mol. The monoisotopic (exact) mass is 314 g/mol. The number of hydrogen-bond donors (Lipinski definition) is 1. The number of nitrogens with zero attached hydrogens (tertiary/aromatic N) is 1. The first-order chi connectivity index (χ1) is 9.54. The number of anilines is 2. The summed E-state index contributed by atoms with van der Waals surface area (Å²) in [5.41, 5.74) is 6.74. The van der Waals surface area contributed by atoms with Crippen LogP contribution in [0.4, 0.5) is 10.7 Å². The lowest BCUT2D eigenvalue weighted by atomic mass is 10.0. The molecule has 20 heavy (non-hydrogen) atoms. The first kappa shape index (κ1) is 15.7. The molecule has 0 radical (unpaired) electrons. The number of ketones is 1. The molecule has 0 aliphatic carbocycles. The van der Waals surface area contributed by atoms with Crippen molar-refractivity contribution in [2.24, 2.45) is 5.92 Å². The van der Waals surface area contributed by atoms with Gasteiger partial charge in [0.25, 0.3) is 0 Å². The summed E-state index contributed by atoms with van der Waals surface area (Å²) in [5.74, 6) is 0.607. The zero-order chi connectivity index (χ0) is 14.7. The van der Waals surface area contributed by atoms with Gasteiger partial charge in [0.1, 0.15) is 5.00 Å². The fourth-order valence-corrected chi connectivity index (χ4v) is 4.62. The van der Waals surface area contributed by atoms with E-state index in [9.17, 15) is 4.79 Å². The van der Waals surface area contributed by atoms with Gasteiger partial charge in [-0.25, -0.2) is 0 Å². The van der Waals surface area contributed by atoms with Crippen LogP contribution in [0.1, 0.15) is 29.4 Å². The third-order valence-corrected chi connectivity index (χ3v) is 5.91. The summed E-state index contributed by atoms with van der Waals surface area (Å²) < 4.78 is 5.54. The molecule has 1 aromatic rings. The zero-order valence-corrected chi connectivity index (χ0v) is 13.9. The SMILES string of the molecule is CSc1c(N(C)CC2CCCOC2)sc(C(C)=O)c1N. The summed E-state index contributed by atoms with van der Waals surface area (Å²) in [6.45, 7) is 4.24. The number of ether oxygens (including phenoxy) is 1. The van der Waals surface area contributed by atoms with Crippen LogP contribution in [-0.2, 0) is 4.74 Å². The van der Waals surface area contributed by atoms with Crippen molar-refractivity contribution in [2.75, 3.05) is 43.7 Å². The molecule has 1 aliphatic heterocycles. The molecule has 1 unspecified atom stereocenters. The van der Waals surface area contributed by atoms with E-state index >= 15 is 0 Å². The molecule has 1 aliphatic rings. The van der Waals surface area contributed by atoms with Crippen molar-refractivity contribution in [3.63, 3.8) is 0 Å². The molecule has 1 aromatic heterocycles. The largest absolute Gasteiger partial charge is 0.396 e. The Labute approximate surface area is 128 Å². The van der Waals surface area contributed by atoms with E-state index in [4.69, 9.17) is 10.5 Å². The van der Waals surface area contributed by atoms with Gasteiger partial charge in [0.05, 0.1) is 22.1 Å². The van der Waals surface area contributed by atoms with Gasteiger partial charge in [-0.05, 0) is 25.0 Å².